The molecular formula is C18H35N7O5. The van der Waals surface area contributed by atoms with Gasteiger partial charge in [0.2, 0.25) is 17.7 Å². The Morgan fingerprint density at radius 2 is 1.53 bits per heavy atom. The van der Waals surface area contributed by atoms with E-state index in [1.807, 2.05) is 0 Å². The monoisotopic (exact) mass is 429 g/mol. The van der Waals surface area contributed by atoms with Gasteiger partial charge in [0.15, 0.2) is 5.96 Å². The zero-order chi connectivity index (χ0) is 23.4. The van der Waals surface area contributed by atoms with Gasteiger partial charge in [-0.25, -0.2) is 0 Å². The maximum atomic E-state index is 12.8. The standard InChI is InChI=1S/C18H35N7O5/c1-9(2)13(19)16(29)25-14(10(3)4)17(30)24-11(6-5-7-22-18(20)21)15(28)23-8-12(26)27/h9-11,13-14H,5-8,19H2,1-4H3,(H,23,28)(H,24,30)(H,25,29)(H,26,27)(H4,20,21,22). The van der Waals surface area contributed by atoms with E-state index in [9.17, 15) is 19.2 Å². The van der Waals surface area contributed by atoms with Gasteiger partial charge in [0.1, 0.15) is 18.6 Å². The Morgan fingerprint density at radius 3 is 2.00 bits per heavy atom. The van der Waals surface area contributed by atoms with E-state index in [0.717, 1.165) is 0 Å². The minimum Gasteiger partial charge on any atom is -0.480 e. The fraction of sp³-hybridized carbons (Fsp3) is 0.722. The SMILES string of the molecule is CC(C)C(N)C(=O)NC(C(=O)NC(CCCN=C(N)N)C(=O)NCC(=O)O)C(C)C. The van der Waals surface area contributed by atoms with Gasteiger partial charge < -0.3 is 38.3 Å². The van der Waals surface area contributed by atoms with Crippen LogP contribution in [-0.4, -0.2) is 66.0 Å². The number of carbonyl (C=O) groups is 4. The first kappa shape index (κ1) is 27.1. The van der Waals surface area contributed by atoms with Crippen LogP contribution < -0.4 is 33.2 Å². The minimum absolute atomic E-state index is 0.102. The number of nitrogens with zero attached hydrogens (tertiary/aromatic N) is 1. The predicted octanol–water partition coefficient (Wildman–Crippen LogP) is -2.15. The highest BCUT2D eigenvalue weighted by Crippen LogP contribution is 2.07. The lowest BCUT2D eigenvalue weighted by molar-refractivity contribution is -0.138. The zero-order valence-corrected chi connectivity index (χ0v) is 18.0. The summed E-state index contributed by atoms with van der Waals surface area (Å²) < 4.78 is 0. The molecule has 0 heterocycles. The first-order chi connectivity index (χ1) is 13.9. The molecule has 0 aliphatic rings. The number of carbonyl (C=O) groups excluding carboxylic acids is 3. The van der Waals surface area contributed by atoms with Crippen molar-refractivity contribution in [3.8, 4) is 0 Å². The molecule has 12 heteroatoms. The molecule has 0 rings (SSSR count). The van der Waals surface area contributed by atoms with Gasteiger partial charge in [0.05, 0.1) is 6.04 Å². The first-order valence-electron chi connectivity index (χ1n) is 9.78. The Balaban J connectivity index is 5.24. The highest BCUT2D eigenvalue weighted by molar-refractivity contribution is 5.93. The summed E-state index contributed by atoms with van der Waals surface area (Å²) in [7, 11) is 0. The van der Waals surface area contributed by atoms with Crippen LogP contribution >= 0.6 is 0 Å². The summed E-state index contributed by atoms with van der Waals surface area (Å²) in [6.07, 6.45) is 0.526. The number of nitrogens with two attached hydrogens (primary N) is 3. The van der Waals surface area contributed by atoms with Crippen LogP contribution in [0.1, 0.15) is 40.5 Å². The molecule has 0 aromatic heterocycles. The van der Waals surface area contributed by atoms with Gasteiger partial charge in [-0.05, 0) is 24.7 Å². The second-order valence-electron chi connectivity index (χ2n) is 7.62. The van der Waals surface area contributed by atoms with E-state index in [1.165, 1.54) is 0 Å². The number of aliphatic carboxylic acids is 1. The van der Waals surface area contributed by atoms with Gasteiger partial charge in [-0.1, -0.05) is 27.7 Å². The maximum absolute atomic E-state index is 12.8. The van der Waals surface area contributed by atoms with Crippen molar-refractivity contribution in [2.75, 3.05) is 13.1 Å². The van der Waals surface area contributed by atoms with Crippen molar-refractivity contribution >= 4 is 29.7 Å². The molecule has 30 heavy (non-hydrogen) atoms. The summed E-state index contributed by atoms with van der Waals surface area (Å²) in [6, 6.07) is -2.73. The Labute approximate surface area is 176 Å². The van der Waals surface area contributed by atoms with Gasteiger partial charge in [0, 0.05) is 6.54 Å². The molecule has 0 aromatic rings. The molecule has 0 aliphatic carbocycles. The summed E-state index contributed by atoms with van der Waals surface area (Å²) >= 11 is 0. The highest BCUT2D eigenvalue weighted by atomic mass is 16.4. The van der Waals surface area contributed by atoms with Crippen molar-refractivity contribution in [2.24, 2.45) is 34.0 Å². The van der Waals surface area contributed by atoms with Crippen molar-refractivity contribution < 1.29 is 24.3 Å². The zero-order valence-electron chi connectivity index (χ0n) is 18.0. The number of hydrogen-bond donors (Lipinski definition) is 7. The third-order valence-electron chi connectivity index (χ3n) is 4.26. The van der Waals surface area contributed by atoms with E-state index in [2.05, 4.69) is 20.9 Å². The number of hydrogen-bond acceptors (Lipinski definition) is 6. The molecule has 0 aliphatic heterocycles. The van der Waals surface area contributed by atoms with Crippen molar-refractivity contribution in [2.45, 2.75) is 58.7 Å². The van der Waals surface area contributed by atoms with Crippen LogP contribution in [0.2, 0.25) is 0 Å². The van der Waals surface area contributed by atoms with E-state index in [-0.39, 0.29) is 30.8 Å². The Bertz CT molecular complexity index is 632. The number of carboxylic acid groups (broad SMARTS) is 1. The Hall–Kier alpha value is -2.89. The molecule has 172 valence electrons. The molecular weight excluding hydrogens is 394 g/mol. The molecule has 0 saturated heterocycles. The largest absolute Gasteiger partial charge is 0.480 e. The number of guanidine groups is 1. The maximum Gasteiger partial charge on any atom is 0.322 e. The molecule has 10 N–H and O–H groups in total. The summed E-state index contributed by atoms with van der Waals surface area (Å²) in [5.41, 5.74) is 16.4. The topological polar surface area (TPSA) is 215 Å². The number of aliphatic imine (C=N–C) groups is 1. The van der Waals surface area contributed by atoms with Crippen LogP contribution in [0.4, 0.5) is 0 Å². The number of nitrogens with one attached hydrogen (secondary N) is 3. The fourth-order valence-electron chi connectivity index (χ4n) is 2.41. The number of amides is 3. The van der Waals surface area contributed by atoms with E-state index in [4.69, 9.17) is 22.3 Å². The van der Waals surface area contributed by atoms with Gasteiger partial charge >= 0.3 is 5.97 Å². The lowest BCUT2D eigenvalue weighted by Crippen LogP contribution is -2.58. The molecule has 0 spiro atoms. The molecule has 3 amide bonds. The van der Waals surface area contributed by atoms with E-state index >= 15 is 0 Å². The molecule has 0 aromatic carbocycles. The average molecular weight is 430 g/mol. The highest BCUT2D eigenvalue weighted by Gasteiger charge is 2.30. The fourth-order valence-corrected chi connectivity index (χ4v) is 2.41. The van der Waals surface area contributed by atoms with Crippen molar-refractivity contribution in [3.05, 3.63) is 0 Å². The smallest absolute Gasteiger partial charge is 0.322 e. The van der Waals surface area contributed by atoms with Crippen molar-refractivity contribution in [1.29, 1.82) is 0 Å². The third kappa shape index (κ3) is 10.6. The van der Waals surface area contributed by atoms with Crippen LogP contribution in [0.15, 0.2) is 4.99 Å². The van der Waals surface area contributed by atoms with E-state index < -0.39 is 48.4 Å². The molecule has 3 atom stereocenters. The second kappa shape index (κ2) is 13.4. The third-order valence-corrected chi connectivity index (χ3v) is 4.26. The van der Waals surface area contributed by atoms with Crippen LogP contribution in [0.3, 0.4) is 0 Å². The number of rotatable bonds is 13. The molecule has 0 bridgehead atoms. The summed E-state index contributed by atoms with van der Waals surface area (Å²) in [4.78, 5) is 51.9. The lowest BCUT2D eigenvalue weighted by Gasteiger charge is -2.27. The van der Waals surface area contributed by atoms with Gasteiger partial charge in [-0.15, -0.1) is 0 Å². The molecule has 3 unspecified atom stereocenters. The minimum atomic E-state index is -1.22. The van der Waals surface area contributed by atoms with E-state index in [1.54, 1.807) is 27.7 Å². The number of carboxylic acids is 1. The predicted molar refractivity (Wildman–Crippen MR) is 112 cm³/mol. The van der Waals surface area contributed by atoms with Crippen LogP contribution in [0, 0.1) is 11.8 Å². The molecule has 0 saturated carbocycles. The average Bonchev–Trinajstić information content (AvgIpc) is 2.64. The Kier molecular flexibility index (Phi) is 12.1. The van der Waals surface area contributed by atoms with Crippen LogP contribution in [0.25, 0.3) is 0 Å². The summed E-state index contributed by atoms with van der Waals surface area (Å²) in [5.74, 6) is -3.43. The van der Waals surface area contributed by atoms with Gasteiger partial charge in [-0.3, -0.25) is 24.2 Å². The molecule has 12 nitrogen and oxygen atoms in total. The van der Waals surface area contributed by atoms with Gasteiger partial charge in [-0.2, -0.15) is 0 Å². The second-order valence-corrected chi connectivity index (χ2v) is 7.62. The quantitative estimate of drug-likeness (QED) is 0.0970. The molecule has 0 radical (unpaired) electrons. The summed E-state index contributed by atoms with van der Waals surface area (Å²) in [5, 5.41) is 16.2. The first-order valence-corrected chi connectivity index (χ1v) is 9.78. The van der Waals surface area contributed by atoms with Gasteiger partial charge in [0.25, 0.3) is 0 Å². The Morgan fingerprint density at radius 1 is 0.933 bits per heavy atom. The van der Waals surface area contributed by atoms with Crippen LogP contribution in [-0.2, 0) is 19.2 Å². The van der Waals surface area contributed by atoms with Crippen molar-refractivity contribution in [1.82, 2.24) is 16.0 Å². The normalized spacial score (nSPS) is 13.8. The lowest BCUT2D eigenvalue weighted by atomic mass is 9.99. The summed E-state index contributed by atoms with van der Waals surface area (Å²) in [6.45, 7) is 6.69. The van der Waals surface area contributed by atoms with Crippen LogP contribution in [0.5, 0.6) is 0 Å². The molecule has 0 fully saturated rings. The van der Waals surface area contributed by atoms with Crippen molar-refractivity contribution in [3.63, 3.8) is 0 Å². The van der Waals surface area contributed by atoms with E-state index in [0.29, 0.717) is 6.42 Å².